The summed E-state index contributed by atoms with van der Waals surface area (Å²) >= 11 is 7.01. The van der Waals surface area contributed by atoms with Crippen LogP contribution in [0.25, 0.3) is 0 Å². The number of amides is 5. The molecule has 0 saturated carbocycles. The smallest absolute Gasteiger partial charge is 0.337 e. The van der Waals surface area contributed by atoms with Crippen LogP contribution in [0.3, 0.4) is 0 Å². The predicted octanol–water partition coefficient (Wildman–Crippen LogP) is 5.51. The van der Waals surface area contributed by atoms with Gasteiger partial charge in [0.05, 0.1) is 18.4 Å². The average Bonchev–Trinajstić information content (AvgIpc) is 3.12. The Bertz CT molecular complexity index is 1700. The highest BCUT2D eigenvalue weighted by molar-refractivity contribution is 9.11. The first-order valence-corrected chi connectivity index (χ1v) is 18.0. The second kappa shape index (κ2) is 15.2. The minimum absolute atomic E-state index is 0.0684. The van der Waals surface area contributed by atoms with E-state index in [9.17, 15) is 19.2 Å². The van der Waals surface area contributed by atoms with Crippen molar-refractivity contribution in [3.05, 3.63) is 86.1 Å². The molecule has 4 heterocycles. The maximum atomic E-state index is 14.0. The molecule has 14 heteroatoms. The molecule has 258 valence electrons. The number of rotatable bonds is 7. The molecule has 4 N–H and O–H groups in total. The summed E-state index contributed by atoms with van der Waals surface area (Å²) in [4.78, 5) is 62.2. The summed E-state index contributed by atoms with van der Waals surface area (Å²) in [6, 6.07) is 11.6. The summed E-state index contributed by atoms with van der Waals surface area (Å²) < 4.78 is 6.22. The Kier molecular flexibility index (Phi) is 10.7. The molecule has 3 aliphatic heterocycles. The Morgan fingerprint density at radius 3 is 2.29 bits per heavy atom. The zero-order chi connectivity index (χ0) is 34.7. The van der Waals surface area contributed by atoms with Crippen molar-refractivity contribution in [2.75, 3.05) is 44.3 Å². The molecule has 0 unspecified atom stereocenters. The normalized spacial score (nSPS) is 17.6. The number of anilines is 2. The lowest BCUT2D eigenvalue weighted by atomic mass is 9.89. The first kappa shape index (κ1) is 34.7. The molecule has 1 atom stereocenters. The number of benzene rings is 2. The number of pyridine rings is 1. The van der Waals surface area contributed by atoms with E-state index in [-0.39, 0.29) is 24.0 Å². The molecule has 0 spiro atoms. The monoisotopic (exact) mass is 795 g/mol. The van der Waals surface area contributed by atoms with Gasteiger partial charge in [0.1, 0.15) is 6.04 Å². The molecular formula is C35H39Br2N7O5. The number of nitrogens with one attached hydrogen (secondary N) is 2. The lowest BCUT2D eigenvalue weighted by Gasteiger charge is -2.41. The Morgan fingerprint density at radius 1 is 0.980 bits per heavy atom. The standard InChI is InChI=1S/C35H39Br2N7O5/c1-49-33(46)24-2-3-25-20-44(35(48)40-29(25)19-24)26-8-14-43(15-9-26)34(47)41-30(18-21-16-27(36)31(38)28(37)17-21)32(45)42-12-6-23(7-13-42)22-4-10-39-11-5-22/h2-5,10-11,16-17,19,23,26,30H,6-9,12-15,18,20,38H2,1H3,(H,40,48)(H,41,47)/t30-/m1/s1. The number of ether oxygens (including phenoxy) is 1. The number of hydrogen-bond acceptors (Lipinski definition) is 7. The zero-order valence-corrected chi connectivity index (χ0v) is 30.3. The van der Waals surface area contributed by atoms with Gasteiger partial charge < -0.3 is 35.8 Å². The third-order valence-corrected chi connectivity index (χ3v) is 11.0. The van der Waals surface area contributed by atoms with Crippen molar-refractivity contribution in [2.45, 2.75) is 56.7 Å². The van der Waals surface area contributed by atoms with Crippen molar-refractivity contribution in [3.8, 4) is 0 Å². The predicted molar refractivity (Wildman–Crippen MR) is 192 cm³/mol. The first-order valence-electron chi connectivity index (χ1n) is 16.4. The Labute approximate surface area is 302 Å². The number of methoxy groups -OCH3 is 1. The van der Waals surface area contributed by atoms with E-state index in [4.69, 9.17) is 10.5 Å². The minimum atomic E-state index is -0.774. The van der Waals surface area contributed by atoms with Crippen molar-refractivity contribution in [2.24, 2.45) is 0 Å². The fourth-order valence-electron chi connectivity index (χ4n) is 6.91. The fourth-order valence-corrected chi connectivity index (χ4v) is 8.19. The van der Waals surface area contributed by atoms with Crippen molar-refractivity contribution in [3.63, 3.8) is 0 Å². The van der Waals surface area contributed by atoms with Crippen LogP contribution in [-0.4, -0.2) is 89.0 Å². The third-order valence-electron chi connectivity index (χ3n) is 9.73. The molecule has 3 aromatic rings. The molecule has 49 heavy (non-hydrogen) atoms. The van der Waals surface area contributed by atoms with Crippen LogP contribution in [0.2, 0.25) is 0 Å². The molecule has 6 rings (SSSR count). The van der Waals surface area contributed by atoms with Crippen LogP contribution in [0.15, 0.2) is 63.8 Å². The summed E-state index contributed by atoms with van der Waals surface area (Å²) in [7, 11) is 1.32. The number of fused-ring (bicyclic) bond motifs is 1. The number of nitrogen functional groups attached to an aromatic ring is 1. The van der Waals surface area contributed by atoms with E-state index in [2.05, 4.69) is 47.5 Å². The van der Waals surface area contributed by atoms with Crippen LogP contribution in [0.1, 0.15) is 58.6 Å². The average molecular weight is 798 g/mol. The van der Waals surface area contributed by atoms with Gasteiger partial charge in [-0.1, -0.05) is 6.07 Å². The Morgan fingerprint density at radius 2 is 1.63 bits per heavy atom. The van der Waals surface area contributed by atoms with Gasteiger partial charge in [0.15, 0.2) is 0 Å². The van der Waals surface area contributed by atoms with Crippen LogP contribution < -0.4 is 16.4 Å². The molecule has 3 aliphatic rings. The summed E-state index contributed by atoms with van der Waals surface area (Å²) in [5, 5.41) is 5.96. The summed E-state index contributed by atoms with van der Waals surface area (Å²) in [5.74, 6) is -0.216. The van der Waals surface area contributed by atoms with Crippen LogP contribution in [-0.2, 0) is 22.5 Å². The lowest BCUT2D eigenvalue weighted by Crippen LogP contribution is -2.57. The van der Waals surface area contributed by atoms with Gasteiger partial charge in [-0.3, -0.25) is 9.78 Å². The molecule has 1 aromatic heterocycles. The van der Waals surface area contributed by atoms with Gasteiger partial charge in [0.25, 0.3) is 0 Å². The van der Waals surface area contributed by atoms with Crippen LogP contribution >= 0.6 is 31.9 Å². The molecule has 0 radical (unpaired) electrons. The van der Waals surface area contributed by atoms with Gasteiger partial charge >= 0.3 is 18.0 Å². The maximum absolute atomic E-state index is 14.0. The van der Waals surface area contributed by atoms with Crippen LogP contribution in [0.5, 0.6) is 0 Å². The van der Waals surface area contributed by atoms with E-state index in [1.807, 2.05) is 35.2 Å². The second-order valence-corrected chi connectivity index (χ2v) is 14.4. The van der Waals surface area contributed by atoms with Crippen molar-refractivity contribution in [1.29, 1.82) is 0 Å². The Balaban J connectivity index is 1.10. The molecular weight excluding hydrogens is 758 g/mol. The third kappa shape index (κ3) is 7.85. The van der Waals surface area contributed by atoms with Gasteiger partial charge in [-0.25, -0.2) is 14.4 Å². The van der Waals surface area contributed by atoms with Gasteiger partial charge in [0, 0.05) is 72.2 Å². The Hall–Kier alpha value is -4.17. The summed E-state index contributed by atoms with van der Waals surface area (Å²) in [5.41, 5.74) is 10.6. The molecule has 0 bridgehead atoms. The van der Waals surface area contributed by atoms with Gasteiger partial charge in [0.2, 0.25) is 5.91 Å². The van der Waals surface area contributed by atoms with E-state index >= 15 is 0 Å². The second-order valence-electron chi connectivity index (χ2n) is 12.7. The highest BCUT2D eigenvalue weighted by Crippen LogP contribution is 2.32. The number of carbonyl (C=O) groups excluding carboxylic acids is 4. The van der Waals surface area contributed by atoms with E-state index in [0.717, 1.165) is 24.0 Å². The number of piperidine rings is 2. The SMILES string of the molecule is COC(=O)c1ccc2c(c1)NC(=O)N(C1CCN(C(=O)N[C@H](Cc3cc(Br)c(N)c(Br)c3)C(=O)N3CCC(c4ccncc4)CC3)CC1)C2. The van der Waals surface area contributed by atoms with Crippen LogP contribution in [0.4, 0.5) is 21.0 Å². The number of likely N-dealkylation sites (tertiary alicyclic amines) is 2. The number of nitrogens with zero attached hydrogens (tertiary/aromatic N) is 4. The summed E-state index contributed by atoms with van der Waals surface area (Å²) in [6.45, 7) is 2.48. The molecule has 5 amide bonds. The molecule has 0 aliphatic carbocycles. The van der Waals surface area contributed by atoms with Crippen molar-refractivity contribution >= 4 is 67.2 Å². The zero-order valence-electron chi connectivity index (χ0n) is 27.2. The number of esters is 1. The van der Waals surface area contributed by atoms with E-state index < -0.39 is 12.0 Å². The molecule has 2 aromatic carbocycles. The van der Waals surface area contributed by atoms with E-state index in [1.54, 1.807) is 34.3 Å². The molecule has 2 saturated heterocycles. The fraction of sp³-hybridized carbons (Fsp3) is 0.400. The number of hydrogen-bond donors (Lipinski definition) is 3. The largest absolute Gasteiger partial charge is 0.465 e. The topological polar surface area (TPSA) is 150 Å². The van der Waals surface area contributed by atoms with Gasteiger partial charge in [-0.2, -0.15) is 0 Å². The van der Waals surface area contributed by atoms with Crippen LogP contribution in [0, 0.1) is 0 Å². The van der Waals surface area contributed by atoms with Crippen molar-refractivity contribution < 1.29 is 23.9 Å². The minimum Gasteiger partial charge on any atom is -0.465 e. The molecule has 2 fully saturated rings. The van der Waals surface area contributed by atoms with Gasteiger partial charge in [-0.05, 0) is 117 Å². The van der Waals surface area contributed by atoms with Gasteiger partial charge in [-0.15, -0.1) is 0 Å². The lowest BCUT2D eigenvalue weighted by molar-refractivity contribution is -0.134. The molecule has 12 nitrogen and oxygen atoms in total. The summed E-state index contributed by atoms with van der Waals surface area (Å²) in [6.07, 6.45) is 6.76. The number of urea groups is 2. The highest BCUT2D eigenvalue weighted by Gasteiger charge is 2.35. The first-order chi connectivity index (χ1) is 23.6. The highest BCUT2D eigenvalue weighted by atomic mass is 79.9. The number of aromatic nitrogens is 1. The van der Waals surface area contributed by atoms with Crippen molar-refractivity contribution in [1.82, 2.24) is 25.0 Å². The quantitative estimate of drug-likeness (QED) is 0.211. The number of carbonyl (C=O) groups is 4. The number of nitrogens with two attached hydrogens (primary N) is 1. The maximum Gasteiger partial charge on any atom is 0.337 e. The number of halogens is 2. The van der Waals surface area contributed by atoms with E-state index in [1.165, 1.54) is 12.7 Å². The van der Waals surface area contributed by atoms with E-state index in [0.29, 0.717) is 83.8 Å².